The molecule has 0 aromatic heterocycles. The fourth-order valence-corrected chi connectivity index (χ4v) is 1.11. The number of halogens is 4. The molecule has 0 atom stereocenters. The molecule has 0 saturated carbocycles. The van der Waals surface area contributed by atoms with Crippen molar-refractivity contribution in [3.63, 3.8) is 0 Å². The zero-order chi connectivity index (χ0) is 9.90. The standard InChI is InChI=1S/C9H6ClF3/c10-8-6-4-2-1-3-5-7(8)9(11,12)13/h2-3,5-6H,4H2. The molecule has 1 aliphatic rings. The molecule has 1 aliphatic carbocycles. The zero-order valence-electron chi connectivity index (χ0n) is 6.53. The van der Waals surface area contributed by atoms with Crippen LogP contribution in [0, 0.1) is 0 Å². The molecule has 0 unspecified atom stereocenters. The van der Waals surface area contributed by atoms with Gasteiger partial charge in [0.2, 0.25) is 0 Å². The van der Waals surface area contributed by atoms with Gasteiger partial charge in [0.05, 0.1) is 5.57 Å². The Morgan fingerprint density at radius 3 is 2.69 bits per heavy atom. The van der Waals surface area contributed by atoms with Crippen molar-refractivity contribution in [3.05, 3.63) is 40.6 Å². The SMILES string of the molecule is FC(F)(F)C1=CC=C=CCC=C1Cl. The first-order valence-corrected chi connectivity index (χ1v) is 3.94. The minimum atomic E-state index is -4.40. The highest BCUT2D eigenvalue weighted by atomic mass is 35.5. The first-order chi connectivity index (χ1) is 6.02. The summed E-state index contributed by atoms with van der Waals surface area (Å²) in [5.74, 6) is 0. The van der Waals surface area contributed by atoms with Gasteiger partial charge in [-0.25, -0.2) is 0 Å². The van der Waals surface area contributed by atoms with E-state index in [-0.39, 0.29) is 5.03 Å². The van der Waals surface area contributed by atoms with Crippen LogP contribution < -0.4 is 0 Å². The topological polar surface area (TPSA) is 0 Å². The van der Waals surface area contributed by atoms with Crippen LogP contribution in [-0.4, -0.2) is 6.18 Å². The molecule has 70 valence electrons. The van der Waals surface area contributed by atoms with E-state index in [0.717, 1.165) is 6.08 Å². The average molecular weight is 207 g/mol. The Hall–Kier alpha value is -0.920. The van der Waals surface area contributed by atoms with E-state index in [1.54, 1.807) is 6.08 Å². The number of allylic oxidation sites excluding steroid dienone is 5. The quantitative estimate of drug-likeness (QED) is 0.530. The number of hydrogen-bond acceptors (Lipinski definition) is 0. The van der Waals surface area contributed by atoms with Gasteiger partial charge < -0.3 is 0 Å². The second kappa shape index (κ2) is 3.86. The van der Waals surface area contributed by atoms with Gasteiger partial charge in [0.25, 0.3) is 0 Å². The highest BCUT2D eigenvalue weighted by Crippen LogP contribution is 2.33. The summed E-state index contributed by atoms with van der Waals surface area (Å²) in [5.41, 5.74) is 1.76. The predicted octanol–water partition coefficient (Wildman–Crippen LogP) is 3.71. The van der Waals surface area contributed by atoms with Gasteiger partial charge in [0.1, 0.15) is 0 Å². The molecule has 0 nitrogen and oxygen atoms in total. The van der Waals surface area contributed by atoms with Crippen molar-refractivity contribution >= 4 is 11.6 Å². The molecule has 4 heteroatoms. The van der Waals surface area contributed by atoms with E-state index in [1.165, 1.54) is 12.2 Å². The lowest BCUT2D eigenvalue weighted by Gasteiger charge is -2.10. The van der Waals surface area contributed by atoms with Crippen molar-refractivity contribution in [1.82, 2.24) is 0 Å². The van der Waals surface area contributed by atoms with Gasteiger partial charge in [0, 0.05) is 5.03 Å². The van der Waals surface area contributed by atoms with Crippen LogP contribution in [0.5, 0.6) is 0 Å². The molecule has 0 spiro atoms. The summed E-state index contributed by atoms with van der Waals surface area (Å²) < 4.78 is 36.8. The maximum absolute atomic E-state index is 12.3. The maximum Gasteiger partial charge on any atom is 0.417 e. The maximum atomic E-state index is 12.3. The minimum absolute atomic E-state index is 0.262. The van der Waals surface area contributed by atoms with E-state index < -0.39 is 11.7 Å². The smallest absolute Gasteiger partial charge is 0.166 e. The van der Waals surface area contributed by atoms with Crippen LogP contribution in [0.4, 0.5) is 13.2 Å². The third kappa shape index (κ3) is 2.79. The number of rotatable bonds is 0. The van der Waals surface area contributed by atoms with Crippen molar-refractivity contribution in [2.75, 3.05) is 0 Å². The van der Waals surface area contributed by atoms with Crippen molar-refractivity contribution < 1.29 is 13.2 Å². The first kappa shape index (κ1) is 10.2. The lowest BCUT2D eigenvalue weighted by atomic mass is 10.1. The molecule has 0 aromatic rings. The summed E-state index contributed by atoms with van der Waals surface area (Å²) in [6.45, 7) is 0. The normalized spacial score (nSPS) is 17.5. The molecule has 13 heavy (non-hydrogen) atoms. The van der Waals surface area contributed by atoms with Gasteiger partial charge in [-0.3, -0.25) is 0 Å². The van der Waals surface area contributed by atoms with E-state index in [0.29, 0.717) is 6.42 Å². The van der Waals surface area contributed by atoms with Crippen LogP contribution in [-0.2, 0) is 0 Å². The Morgan fingerprint density at radius 1 is 1.38 bits per heavy atom. The summed E-state index contributed by atoms with van der Waals surface area (Å²) in [7, 11) is 0. The second-order valence-electron chi connectivity index (χ2n) is 2.40. The molecule has 0 amide bonds. The third-order valence-corrected chi connectivity index (χ3v) is 1.80. The zero-order valence-corrected chi connectivity index (χ0v) is 7.28. The summed E-state index contributed by atoms with van der Waals surface area (Å²) in [6.07, 6.45) is 0.992. The Balaban J connectivity index is 3.10. The monoisotopic (exact) mass is 206 g/mol. The molecule has 0 heterocycles. The number of hydrogen-bond donors (Lipinski definition) is 0. The lowest BCUT2D eigenvalue weighted by molar-refractivity contribution is -0.0886. The fourth-order valence-electron chi connectivity index (χ4n) is 0.849. The highest BCUT2D eigenvalue weighted by molar-refractivity contribution is 6.32. The summed E-state index contributed by atoms with van der Waals surface area (Å²) in [4.78, 5) is 0. The molecular formula is C9H6ClF3. The van der Waals surface area contributed by atoms with Crippen LogP contribution in [0.15, 0.2) is 40.6 Å². The predicted molar refractivity (Wildman–Crippen MR) is 45.3 cm³/mol. The van der Waals surface area contributed by atoms with Crippen molar-refractivity contribution in [2.45, 2.75) is 12.6 Å². The average Bonchev–Trinajstić information content (AvgIpc) is 1.94. The van der Waals surface area contributed by atoms with E-state index in [4.69, 9.17) is 11.6 Å². The molecule has 0 N–H and O–H groups in total. The molecule has 0 radical (unpaired) electrons. The number of alkyl halides is 3. The minimum Gasteiger partial charge on any atom is -0.166 e. The summed E-state index contributed by atoms with van der Waals surface area (Å²) in [5, 5.41) is -0.262. The summed E-state index contributed by atoms with van der Waals surface area (Å²) in [6, 6.07) is 0. The lowest BCUT2D eigenvalue weighted by Crippen LogP contribution is -2.12. The largest absolute Gasteiger partial charge is 0.417 e. The van der Waals surface area contributed by atoms with Gasteiger partial charge in [-0.1, -0.05) is 17.7 Å². The molecule has 1 rings (SSSR count). The van der Waals surface area contributed by atoms with Crippen LogP contribution in [0.25, 0.3) is 0 Å². The van der Waals surface area contributed by atoms with Crippen molar-refractivity contribution in [1.29, 1.82) is 0 Å². The Kier molecular flexibility index (Phi) is 3.02. The Morgan fingerprint density at radius 2 is 2.08 bits per heavy atom. The Labute approximate surface area is 78.7 Å². The first-order valence-electron chi connectivity index (χ1n) is 3.56. The van der Waals surface area contributed by atoms with E-state index in [9.17, 15) is 13.2 Å². The molecule has 0 aliphatic heterocycles. The third-order valence-electron chi connectivity index (χ3n) is 1.44. The molecule has 0 aromatic carbocycles. The molecule has 0 fully saturated rings. The molecule has 0 saturated heterocycles. The highest BCUT2D eigenvalue weighted by Gasteiger charge is 2.34. The van der Waals surface area contributed by atoms with E-state index >= 15 is 0 Å². The van der Waals surface area contributed by atoms with Crippen molar-refractivity contribution in [3.8, 4) is 0 Å². The fraction of sp³-hybridized carbons (Fsp3) is 0.222. The van der Waals surface area contributed by atoms with Crippen LogP contribution in [0.3, 0.4) is 0 Å². The summed E-state index contributed by atoms with van der Waals surface area (Å²) >= 11 is 5.45. The van der Waals surface area contributed by atoms with Gasteiger partial charge in [0.15, 0.2) is 0 Å². The Bertz CT molecular complexity index is 314. The van der Waals surface area contributed by atoms with Crippen molar-refractivity contribution in [2.24, 2.45) is 0 Å². The molecule has 0 bridgehead atoms. The van der Waals surface area contributed by atoms with Crippen LogP contribution in [0.1, 0.15) is 6.42 Å². The van der Waals surface area contributed by atoms with E-state index in [1.807, 2.05) is 0 Å². The van der Waals surface area contributed by atoms with Gasteiger partial charge in [-0.05, 0) is 24.6 Å². The van der Waals surface area contributed by atoms with Gasteiger partial charge in [-0.2, -0.15) is 13.2 Å². The molecular weight excluding hydrogens is 201 g/mol. The van der Waals surface area contributed by atoms with Gasteiger partial charge >= 0.3 is 6.18 Å². The second-order valence-corrected chi connectivity index (χ2v) is 2.81. The van der Waals surface area contributed by atoms with E-state index in [2.05, 4.69) is 5.73 Å². The van der Waals surface area contributed by atoms with Crippen LogP contribution >= 0.6 is 11.6 Å². The van der Waals surface area contributed by atoms with Crippen LogP contribution in [0.2, 0.25) is 0 Å². The van der Waals surface area contributed by atoms with Gasteiger partial charge in [-0.15, -0.1) is 5.73 Å².